The van der Waals surface area contributed by atoms with Gasteiger partial charge < -0.3 is 15.0 Å². The molecule has 0 heterocycles. The van der Waals surface area contributed by atoms with Gasteiger partial charge in [0.05, 0.1) is 17.8 Å². The third-order valence-electron chi connectivity index (χ3n) is 3.20. The molecule has 2 rings (SSSR count). The van der Waals surface area contributed by atoms with Gasteiger partial charge in [0, 0.05) is 23.7 Å². The Labute approximate surface area is 139 Å². The van der Waals surface area contributed by atoms with Crippen LogP contribution in [0.5, 0.6) is 5.75 Å². The maximum absolute atomic E-state index is 8.23. The summed E-state index contributed by atoms with van der Waals surface area (Å²) in [6.45, 7) is 0. The van der Waals surface area contributed by atoms with Gasteiger partial charge in [-0.2, -0.15) is 0 Å². The Bertz CT molecular complexity index is 678. The van der Waals surface area contributed by atoms with E-state index in [9.17, 15) is 0 Å². The molecule has 0 radical (unpaired) electrons. The second-order valence-corrected chi connectivity index (χ2v) is 5.87. The van der Waals surface area contributed by atoms with E-state index in [-0.39, 0.29) is 5.96 Å². The molecule has 0 amide bonds. The summed E-state index contributed by atoms with van der Waals surface area (Å²) < 4.78 is 5.18. The van der Waals surface area contributed by atoms with Crippen LogP contribution in [-0.2, 0) is 0 Å². The standard InChI is InChI=1S/C16H18ClN3OS/c1-20(11-5-4-6-13(9-11)22-3)16(18)19-15-10-12(21-2)7-8-14(15)17/h4-10H,1-3H3,(H2,18,19). The first kappa shape index (κ1) is 16.5. The summed E-state index contributed by atoms with van der Waals surface area (Å²) in [6.07, 6.45) is 2.03. The molecule has 2 N–H and O–H groups in total. The largest absolute Gasteiger partial charge is 0.497 e. The number of nitrogens with one attached hydrogen (secondary N) is 2. The first-order valence-corrected chi connectivity index (χ1v) is 8.22. The molecule has 22 heavy (non-hydrogen) atoms. The van der Waals surface area contributed by atoms with Gasteiger partial charge in [-0.1, -0.05) is 17.7 Å². The SMILES string of the molecule is COc1ccc(Cl)c(NC(=N)N(C)c2cccc(SC)c2)c1. The number of hydrogen-bond donors (Lipinski definition) is 2. The van der Waals surface area contributed by atoms with Crippen molar-refractivity contribution < 1.29 is 4.74 Å². The van der Waals surface area contributed by atoms with Gasteiger partial charge >= 0.3 is 0 Å². The number of rotatable bonds is 4. The molecule has 116 valence electrons. The second kappa shape index (κ2) is 7.42. The minimum Gasteiger partial charge on any atom is -0.497 e. The Balaban J connectivity index is 2.17. The lowest BCUT2D eigenvalue weighted by Crippen LogP contribution is -2.32. The van der Waals surface area contributed by atoms with Gasteiger partial charge in [-0.25, -0.2) is 0 Å². The highest BCUT2D eigenvalue weighted by molar-refractivity contribution is 7.98. The molecule has 0 bridgehead atoms. The lowest BCUT2D eigenvalue weighted by atomic mass is 10.3. The zero-order valence-electron chi connectivity index (χ0n) is 12.7. The third kappa shape index (κ3) is 3.87. The van der Waals surface area contributed by atoms with E-state index in [0.29, 0.717) is 16.5 Å². The van der Waals surface area contributed by atoms with E-state index >= 15 is 0 Å². The molecular formula is C16H18ClN3OS. The van der Waals surface area contributed by atoms with E-state index < -0.39 is 0 Å². The number of hydrogen-bond acceptors (Lipinski definition) is 3. The lowest BCUT2D eigenvalue weighted by molar-refractivity contribution is 0.415. The van der Waals surface area contributed by atoms with E-state index in [1.54, 1.807) is 42.0 Å². The normalized spacial score (nSPS) is 10.2. The number of benzene rings is 2. The fourth-order valence-corrected chi connectivity index (χ4v) is 2.50. The van der Waals surface area contributed by atoms with Gasteiger partial charge in [-0.05, 0) is 36.6 Å². The summed E-state index contributed by atoms with van der Waals surface area (Å²) in [5, 5.41) is 11.8. The van der Waals surface area contributed by atoms with E-state index in [4.69, 9.17) is 21.7 Å². The van der Waals surface area contributed by atoms with Crippen LogP contribution in [0.4, 0.5) is 11.4 Å². The Morgan fingerprint density at radius 1 is 1.27 bits per heavy atom. The summed E-state index contributed by atoms with van der Waals surface area (Å²) in [7, 11) is 3.43. The van der Waals surface area contributed by atoms with Crippen LogP contribution in [0.2, 0.25) is 5.02 Å². The molecule has 0 saturated carbocycles. The quantitative estimate of drug-likeness (QED) is 0.489. The molecular weight excluding hydrogens is 318 g/mol. The number of nitrogens with zero attached hydrogens (tertiary/aromatic N) is 1. The van der Waals surface area contributed by atoms with Crippen LogP contribution in [0, 0.1) is 5.41 Å². The van der Waals surface area contributed by atoms with Crippen LogP contribution in [-0.4, -0.2) is 26.4 Å². The molecule has 0 unspecified atom stereocenters. The molecule has 4 nitrogen and oxygen atoms in total. The summed E-state index contributed by atoms with van der Waals surface area (Å²) >= 11 is 7.83. The van der Waals surface area contributed by atoms with Crippen molar-refractivity contribution in [3.8, 4) is 5.75 Å². The molecule has 2 aromatic carbocycles. The number of guanidine groups is 1. The number of halogens is 1. The van der Waals surface area contributed by atoms with E-state index in [0.717, 1.165) is 10.6 Å². The molecule has 0 aliphatic heterocycles. The van der Waals surface area contributed by atoms with Crippen molar-refractivity contribution in [2.24, 2.45) is 0 Å². The van der Waals surface area contributed by atoms with Crippen molar-refractivity contribution in [2.45, 2.75) is 4.90 Å². The minimum atomic E-state index is 0.230. The zero-order chi connectivity index (χ0) is 16.1. The fourth-order valence-electron chi connectivity index (χ4n) is 1.89. The third-order valence-corrected chi connectivity index (χ3v) is 4.26. The Hall–Kier alpha value is -1.85. The van der Waals surface area contributed by atoms with Gasteiger partial charge in [0.25, 0.3) is 0 Å². The first-order valence-electron chi connectivity index (χ1n) is 6.62. The van der Waals surface area contributed by atoms with Crippen molar-refractivity contribution in [1.82, 2.24) is 0 Å². The fraction of sp³-hybridized carbons (Fsp3) is 0.188. The maximum atomic E-state index is 8.23. The van der Waals surface area contributed by atoms with Crippen molar-refractivity contribution in [1.29, 1.82) is 5.41 Å². The van der Waals surface area contributed by atoms with E-state index in [1.165, 1.54) is 0 Å². The highest BCUT2D eigenvalue weighted by Crippen LogP contribution is 2.27. The molecule has 0 aliphatic rings. The average Bonchev–Trinajstić information content (AvgIpc) is 2.56. The number of anilines is 2. The van der Waals surface area contributed by atoms with Crippen LogP contribution in [0.25, 0.3) is 0 Å². The van der Waals surface area contributed by atoms with Crippen LogP contribution >= 0.6 is 23.4 Å². The zero-order valence-corrected chi connectivity index (χ0v) is 14.3. The predicted molar refractivity (Wildman–Crippen MR) is 96.0 cm³/mol. The number of ether oxygens (including phenoxy) is 1. The van der Waals surface area contributed by atoms with Gasteiger partial charge in [0.15, 0.2) is 5.96 Å². The molecule has 0 atom stereocenters. The van der Waals surface area contributed by atoms with Gasteiger partial charge in [-0.3, -0.25) is 5.41 Å². The van der Waals surface area contributed by atoms with Crippen LogP contribution in [0.3, 0.4) is 0 Å². The van der Waals surface area contributed by atoms with E-state index in [1.807, 2.05) is 37.6 Å². The summed E-state index contributed by atoms with van der Waals surface area (Å²) in [5.41, 5.74) is 1.57. The summed E-state index contributed by atoms with van der Waals surface area (Å²) in [5.74, 6) is 0.917. The highest BCUT2D eigenvalue weighted by atomic mass is 35.5. The predicted octanol–water partition coefficient (Wildman–Crippen LogP) is 4.55. The monoisotopic (exact) mass is 335 g/mol. The van der Waals surface area contributed by atoms with Crippen molar-refractivity contribution in [3.63, 3.8) is 0 Å². The molecule has 0 fully saturated rings. The molecule has 0 spiro atoms. The Morgan fingerprint density at radius 2 is 2.05 bits per heavy atom. The van der Waals surface area contributed by atoms with Crippen molar-refractivity contribution >= 4 is 40.7 Å². The number of thioether (sulfide) groups is 1. The summed E-state index contributed by atoms with van der Waals surface area (Å²) in [4.78, 5) is 2.91. The molecule has 6 heteroatoms. The Kier molecular flexibility index (Phi) is 5.57. The van der Waals surface area contributed by atoms with Crippen molar-refractivity contribution in [2.75, 3.05) is 30.6 Å². The van der Waals surface area contributed by atoms with Crippen LogP contribution in [0.15, 0.2) is 47.4 Å². The molecule has 0 aliphatic carbocycles. The highest BCUT2D eigenvalue weighted by Gasteiger charge is 2.10. The first-order chi connectivity index (χ1) is 10.5. The second-order valence-electron chi connectivity index (χ2n) is 4.58. The van der Waals surface area contributed by atoms with Gasteiger partial charge in [0.2, 0.25) is 0 Å². The van der Waals surface area contributed by atoms with Crippen LogP contribution in [0.1, 0.15) is 0 Å². The van der Waals surface area contributed by atoms with Crippen LogP contribution < -0.4 is 15.0 Å². The molecule has 0 saturated heterocycles. The average molecular weight is 336 g/mol. The minimum absolute atomic E-state index is 0.230. The Morgan fingerprint density at radius 3 is 2.73 bits per heavy atom. The topological polar surface area (TPSA) is 48.4 Å². The molecule has 0 aromatic heterocycles. The van der Waals surface area contributed by atoms with Gasteiger partial charge in [-0.15, -0.1) is 11.8 Å². The maximum Gasteiger partial charge on any atom is 0.199 e. The molecule has 2 aromatic rings. The lowest BCUT2D eigenvalue weighted by Gasteiger charge is -2.22. The summed E-state index contributed by atoms with van der Waals surface area (Å²) in [6, 6.07) is 13.3. The van der Waals surface area contributed by atoms with E-state index in [2.05, 4.69) is 5.32 Å². The number of methoxy groups -OCH3 is 1. The van der Waals surface area contributed by atoms with Gasteiger partial charge in [0.1, 0.15) is 5.75 Å². The van der Waals surface area contributed by atoms with Crippen molar-refractivity contribution in [3.05, 3.63) is 47.5 Å². The smallest absolute Gasteiger partial charge is 0.199 e.